The molecule has 0 spiro atoms. The number of amides is 2. The Morgan fingerprint density at radius 3 is 2.54 bits per heavy atom. The van der Waals surface area contributed by atoms with Crippen molar-refractivity contribution in [1.29, 1.82) is 0 Å². The maximum Gasteiger partial charge on any atom is 0.425 e. The summed E-state index contributed by atoms with van der Waals surface area (Å²) in [7, 11) is 0. The quantitative estimate of drug-likeness (QED) is 0.783. The minimum absolute atomic E-state index is 0.109. The zero-order chi connectivity index (χ0) is 20.9. The van der Waals surface area contributed by atoms with E-state index < -0.39 is 18.2 Å². The maximum atomic E-state index is 12.5. The van der Waals surface area contributed by atoms with Gasteiger partial charge in [-0.25, -0.2) is 9.97 Å². The Morgan fingerprint density at radius 1 is 1.25 bits per heavy atom. The van der Waals surface area contributed by atoms with Gasteiger partial charge in [-0.05, 0) is 31.5 Å². The first kappa shape index (κ1) is 21.1. The molecule has 2 heterocycles. The van der Waals surface area contributed by atoms with Crippen LogP contribution in [0.1, 0.15) is 35.5 Å². The molecule has 1 atom stereocenters. The molecule has 2 N–H and O–H groups in total. The third kappa shape index (κ3) is 6.22. The highest BCUT2D eigenvalue weighted by molar-refractivity contribution is 5.96. The van der Waals surface area contributed by atoms with Crippen LogP contribution in [0.4, 0.5) is 19.0 Å². The van der Waals surface area contributed by atoms with E-state index in [9.17, 15) is 22.8 Å². The maximum absolute atomic E-state index is 12.5. The molecule has 0 fully saturated rings. The Balaban J connectivity index is 1.97. The van der Waals surface area contributed by atoms with Crippen LogP contribution >= 0.6 is 0 Å². The van der Waals surface area contributed by atoms with Crippen LogP contribution in [-0.2, 0) is 11.3 Å². The first-order valence-electron chi connectivity index (χ1n) is 8.27. The van der Waals surface area contributed by atoms with Gasteiger partial charge in [0.25, 0.3) is 5.91 Å². The monoisotopic (exact) mass is 396 g/mol. The summed E-state index contributed by atoms with van der Waals surface area (Å²) in [6, 6.07) is 5.81. The van der Waals surface area contributed by atoms with Crippen molar-refractivity contribution in [2.24, 2.45) is 0 Å². The summed E-state index contributed by atoms with van der Waals surface area (Å²) in [6.07, 6.45) is -5.13. The molecule has 0 aliphatic carbocycles. The summed E-state index contributed by atoms with van der Waals surface area (Å²) in [5.74, 6) is -0.606. The molecule has 2 aromatic heterocycles. The standard InChI is InChI=1S/C18H19F3N4O3/c1-10-6-14(7-15(24-10)25-12(3)26)17(27)23-9-13-4-5-16(22-8-13)28-11(2)18(19,20)21/h4-8,11H,9H2,1-3H3,(H,23,27)(H,24,25,26). The van der Waals surface area contributed by atoms with Gasteiger partial charge in [0.15, 0.2) is 6.10 Å². The number of rotatable bonds is 6. The average Bonchev–Trinajstić information content (AvgIpc) is 2.59. The molecule has 0 aromatic carbocycles. The molecule has 2 rings (SSSR count). The van der Waals surface area contributed by atoms with Gasteiger partial charge in [0.05, 0.1) is 0 Å². The molecule has 0 radical (unpaired) electrons. The van der Waals surface area contributed by atoms with Gasteiger partial charge in [-0.3, -0.25) is 9.59 Å². The second-order valence-corrected chi connectivity index (χ2v) is 6.05. The summed E-state index contributed by atoms with van der Waals surface area (Å²) in [5.41, 5.74) is 1.44. The molecule has 0 saturated heterocycles. The highest BCUT2D eigenvalue weighted by atomic mass is 19.4. The molecular weight excluding hydrogens is 377 g/mol. The van der Waals surface area contributed by atoms with E-state index in [-0.39, 0.29) is 24.1 Å². The molecule has 0 aliphatic heterocycles. The molecule has 2 amide bonds. The molecule has 10 heteroatoms. The van der Waals surface area contributed by atoms with Gasteiger partial charge in [-0.1, -0.05) is 6.07 Å². The van der Waals surface area contributed by atoms with Crippen LogP contribution < -0.4 is 15.4 Å². The van der Waals surface area contributed by atoms with Gasteiger partial charge in [-0.15, -0.1) is 0 Å². The number of halogens is 3. The molecule has 0 aliphatic rings. The summed E-state index contributed by atoms with van der Waals surface area (Å²) < 4.78 is 42.2. The van der Waals surface area contributed by atoms with Crippen molar-refractivity contribution in [1.82, 2.24) is 15.3 Å². The van der Waals surface area contributed by atoms with Gasteiger partial charge in [-0.2, -0.15) is 13.2 Å². The van der Waals surface area contributed by atoms with Crippen molar-refractivity contribution in [3.63, 3.8) is 0 Å². The average molecular weight is 396 g/mol. The third-order valence-electron chi connectivity index (χ3n) is 3.53. The van der Waals surface area contributed by atoms with Crippen molar-refractivity contribution in [2.45, 2.75) is 39.6 Å². The Morgan fingerprint density at radius 2 is 1.96 bits per heavy atom. The third-order valence-corrected chi connectivity index (χ3v) is 3.53. The Hall–Kier alpha value is -3.17. The molecule has 0 saturated carbocycles. The number of hydrogen-bond donors (Lipinski definition) is 2. The zero-order valence-electron chi connectivity index (χ0n) is 15.4. The van der Waals surface area contributed by atoms with E-state index in [0.717, 1.165) is 6.92 Å². The summed E-state index contributed by atoms with van der Waals surface area (Å²) in [6.45, 7) is 4.02. The van der Waals surface area contributed by atoms with Gasteiger partial charge in [0.1, 0.15) is 5.82 Å². The fraction of sp³-hybridized carbons (Fsp3) is 0.333. The first-order chi connectivity index (χ1) is 13.0. The van der Waals surface area contributed by atoms with E-state index in [2.05, 4.69) is 20.6 Å². The van der Waals surface area contributed by atoms with Crippen LogP contribution in [-0.4, -0.2) is 34.1 Å². The van der Waals surface area contributed by atoms with Gasteiger partial charge in [0.2, 0.25) is 11.8 Å². The van der Waals surface area contributed by atoms with Crippen LogP contribution in [0, 0.1) is 6.92 Å². The number of ether oxygens (including phenoxy) is 1. The fourth-order valence-corrected chi connectivity index (χ4v) is 2.16. The van der Waals surface area contributed by atoms with Crippen molar-refractivity contribution in [2.75, 3.05) is 5.32 Å². The number of alkyl halides is 3. The van der Waals surface area contributed by atoms with E-state index in [1.165, 1.54) is 31.3 Å². The van der Waals surface area contributed by atoms with Crippen LogP contribution in [0.2, 0.25) is 0 Å². The summed E-state index contributed by atoms with van der Waals surface area (Å²) in [4.78, 5) is 31.4. The molecule has 1 unspecified atom stereocenters. The highest BCUT2D eigenvalue weighted by Crippen LogP contribution is 2.23. The second-order valence-electron chi connectivity index (χ2n) is 6.05. The van der Waals surface area contributed by atoms with Gasteiger partial charge >= 0.3 is 6.18 Å². The van der Waals surface area contributed by atoms with E-state index >= 15 is 0 Å². The zero-order valence-corrected chi connectivity index (χ0v) is 15.4. The number of pyridine rings is 2. The van der Waals surface area contributed by atoms with Crippen molar-refractivity contribution >= 4 is 17.6 Å². The SMILES string of the molecule is CC(=O)Nc1cc(C(=O)NCc2ccc(OC(C)C(F)(F)F)nc2)cc(C)n1. The number of anilines is 1. The van der Waals surface area contributed by atoms with Crippen LogP contribution in [0.25, 0.3) is 0 Å². The van der Waals surface area contributed by atoms with Crippen LogP contribution in [0.5, 0.6) is 5.88 Å². The number of nitrogens with one attached hydrogen (secondary N) is 2. The van der Waals surface area contributed by atoms with Crippen LogP contribution in [0.3, 0.4) is 0 Å². The largest absolute Gasteiger partial charge is 0.465 e. The predicted octanol–water partition coefficient (Wildman–Crippen LogP) is 3.00. The lowest BCUT2D eigenvalue weighted by Crippen LogP contribution is -2.31. The molecule has 7 nitrogen and oxygen atoms in total. The molecule has 0 bridgehead atoms. The van der Waals surface area contributed by atoms with E-state index in [0.29, 0.717) is 16.8 Å². The topological polar surface area (TPSA) is 93.2 Å². The Kier molecular flexibility index (Phi) is 6.55. The van der Waals surface area contributed by atoms with Gasteiger partial charge < -0.3 is 15.4 Å². The molecule has 28 heavy (non-hydrogen) atoms. The number of carbonyl (C=O) groups excluding carboxylic acids is 2. The molecule has 2 aromatic rings. The number of carbonyl (C=O) groups is 2. The van der Waals surface area contributed by atoms with Crippen molar-refractivity contribution in [3.8, 4) is 5.88 Å². The normalized spacial score (nSPS) is 12.2. The lowest BCUT2D eigenvalue weighted by Gasteiger charge is -2.16. The lowest BCUT2D eigenvalue weighted by atomic mass is 10.2. The smallest absolute Gasteiger partial charge is 0.425 e. The predicted molar refractivity (Wildman–Crippen MR) is 94.8 cm³/mol. The number of aryl methyl sites for hydroxylation is 1. The summed E-state index contributed by atoms with van der Waals surface area (Å²) >= 11 is 0. The van der Waals surface area contributed by atoms with Crippen LogP contribution in [0.15, 0.2) is 30.5 Å². The van der Waals surface area contributed by atoms with E-state index in [1.54, 1.807) is 13.0 Å². The second kappa shape index (κ2) is 8.68. The highest BCUT2D eigenvalue weighted by Gasteiger charge is 2.38. The lowest BCUT2D eigenvalue weighted by molar-refractivity contribution is -0.189. The Bertz CT molecular complexity index is 854. The number of nitrogens with zero attached hydrogens (tertiary/aromatic N) is 2. The summed E-state index contributed by atoms with van der Waals surface area (Å²) in [5, 5.41) is 5.18. The van der Waals surface area contributed by atoms with E-state index in [1.807, 2.05) is 0 Å². The minimum atomic E-state index is -4.48. The first-order valence-corrected chi connectivity index (χ1v) is 8.27. The van der Waals surface area contributed by atoms with E-state index in [4.69, 9.17) is 4.74 Å². The van der Waals surface area contributed by atoms with Crippen molar-refractivity contribution < 1.29 is 27.5 Å². The molecule has 150 valence electrons. The van der Waals surface area contributed by atoms with Gasteiger partial charge in [0, 0.05) is 37.0 Å². The minimum Gasteiger partial charge on any atom is -0.465 e. The molecular formula is C18H19F3N4O3. The number of hydrogen-bond acceptors (Lipinski definition) is 5. The number of aromatic nitrogens is 2. The fourth-order valence-electron chi connectivity index (χ4n) is 2.16. The Labute approximate surface area is 159 Å². The van der Waals surface area contributed by atoms with Crippen molar-refractivity contribution in [3.05, 3.63) is 47.3 Å².